The lowest BCUT2D eigenvalue weighted by molar-refractivity contribution is 0.342. The summed E-state index contributed by atoms with van der Waals surface area (Å²) in [6, 6.07) is 9.86. The van der Waals surface area contributed by atoms with E-state index in [9.17, 15) is 0 Å². The molecule has 6 heteroatoms. The third kappa shape index (κ3) is 2.75. The lowest BCUT2D eigenvalue weighted by Gasteiger charge is -2.12. The van der Waals surface area contributed by atoms with Crippen molar-refractivity contribution in [2.75, 3.05) is 24.3 Å². The summed E-state index contributed by atoms with van der Waals surface area (Å²) in [5, 5.41) is 9.36. The first-order valence-electron chi connectivity index (χ1n) is 6.73. The second-order valence-electron chi connectivity index (χ2n) is 4.34. The van der Waals surface area contributed by atoms with E-state index in [0.29, 0.717) is 12.6 Å². The largest absolute Gasteiger partial charge is 0.492 e. The summed E-state index contributed by atoms with van der Waals surface area (Å²) < 4.78 is 5.64. The molecule has 0 unspecified atom stereocenters. The second-order valence-corrected chi connectivity index (χ2v) is 5.23. The first-order chi connectivity index (χ1) is 10.3. The van der Waals surface area contributed by atoms with Gasteiger partial charge in [-0.1, -0.05) is 12.1 Å². The Bertz CT molecular complexity index is 756. The molecule has 0 atom stereocenters. The quantitative estimate of drug-likeness (QED) is 0.749. The molecule has 3 aromatic rings. The van der Waals surface area contributed by atoms with Gasteiger partial charge in [-0.05, 0) is 30.5 Å². The molecule has 0 aliphatic heterocycles. The molecule has 108 valence electrons. The first kappa shape index (κ1) is 13.6. The van der Waals surface area contributed by atoms with E-state index in [4.69, 9.17) is 4.74 Å². The molecule has 2 N–H and O–H groups in total. The number of para-hydroxylation sites is 2. The summed E-state index contributed by atoms with van der Waals surface area (Å²) >= 11 is 1.59. The van der Waals surface area contributed by atoms with Gasteiger partial charge in [-0.3, -0.25) is 0 Å². The lowest BCUT2D eigenvalue weighted by atomic mass is 10.2. The summed E-state index contributed by atoms with van der Waals surface area (Å²) in [5.41, 5.74) is 0.896. The number of anilines is 3. The molecule has 0 saturated heterocycles. The zero-order valence-electron chi connectivity index (χ0n) is 11.9. The summed E-state index contributed by atoms with van der Waals surface area (Å²) in [5.74, 6) is 2.19. The van der Waals surface area contributed by atoms with Crippen molar-refractivity contribution in [2.45, 2.75) is 6.92 Å². The van der Waals surface area contributed by atoms with Crippen LogP contribution in [0, 0.1) is 0 Å². The smallest absolute Gasteiger partial charge is 0.225 e. The number of nitrogens with one attached hydrogen (secondary N) is 2. The van der Waals surface area contributed by atoms with Crippen LogP contribution in [0.5, 0.6) is 5.75 Å². The van der Waals surface area contributed by atoms with Crippen molar-refractivity contribution in [1.29, 1.82) is 0 Å². The van der Waals surface area contributed by atoms with Gasteiger partial charge in [0, 0.05) is 7.05 Å². The van der Waals surface area contributed by atoms with Crippen molar-refractivity contribution in [3.05, 3.63) is 35.7 Å². The molecule has 5 nitrogen and oxygen atoms in total. The van der Waals surface area contributed by atoms with Gasteiger partial charge in [-0.25, -0.2) is 4.98 Å². The number of fused-ring (bicyclic) bond motifs is 1. The highest BCUT2D eigenvalue weighted by molar-refractivity contribution is 7.16. The van der Waals surface area contributed by atoms with Crippen LogP contribution in [0.1, 0.15) is 6.92 Å². The van der Waals surface area contributed by atoms with E-state index < -0.39 is 0 Å². The Hall–Kier alpha value is -2.34. The summed E-state index contributed by atoms with van der Waals surface area (Å²) in [7, 11) is 1.81. The van der Waals surface area contributed by atoms with Crippen molar-refractivity contribution in [1.82, 2.24) is 9.97 Å². The van der Waals surface area contributed by atoms with Crippen molar-refractivity contribution in [2.24, 2.45) is 0 Å². The standard InChI is InChI=1S/C15H16N4OS/c1-3-20-12-7-5-4-6-11(12)17-13-10-8-9-21-14(10)19-15(16-2)18-13/h4-9H,3H2,1-2H3,(H2,16,17,18,19). The zero-order chi connectivity index (χ0) is 14.7. The number of hydrogen-bond acceptors (Lipinski definition) is 6. The van der Waals surface area contributed by atoms with Crippen molar-refractivity contribution in [3.63, 3.8) is 0 Å². The molecule has 1 aromatic carbocycles. The molecule has 2 heterocycles. The minimum absolute atomic E-state index is 0.598. The van der Waals surface area contributed by atoms with Crippen LogP contribution >= 0.6 is 11.3 Å². The van der Waals surface area contributed by atoms with Crippen LogP contribution in [0.4, 0.5) is 17.5 Å². The molecule has 2 aromatic heterocycles. The third-order valence-electron chi connectivity index (χ3n) is 2.99. The number of hydrogen-bond donors (Lipinski definition) is 2. The van der Waals surface area contributed by atoms with Gasteiger partial charge in [-0.2, -0.15) is 4.98 Å². The molecule has 0 spiro atoms. The molecule has 0 bridgehead atoms. The Labute approximate surface area is 127 Å². The lowest BCUT2D eigenvalue weighted by Crippen LogP contribution is -2.02. The number of ether oxygens (including phenoxy) is 1. The Morgan fingerprint density at radius 2 is 2.05 bits per heavy atom. The number of benzene rings is 1. The highest BCUT2D eigenvalue weighted by Gasteiger charge is 2.10. The van der Waals surface area contributed by atoms with E-state index in [-0.39, 0.29) is 0 Å². The fraction of sp³-hybridized carbons (Fsp3) is 0.200. The average Bonchev–Trinajstić information content (AvgIpc) is 2.98. The monoisotopic (exact) mass is 300 g/mol. The van der Waals surface area contributed by atoms with Gasteiger partial charge < -0.3 is 15.4 Å². The fourth-order valence-electron chi connectivity index (χ4n) is 2.04. The number of aromatic nitrogens is 2. The third-order valence-corrected chi connectivity index (χ3v) is 3.80. The predicted octanol–water partition coefficient (Wildman–Crippen LogP) is 3.88. The van der Waals surface area contributed by atoms with Gasteiger partial charge in [0.15, 0.2) is 0 Å². The molecule has 3 rings (SSSR count). The van der Waals surface area contributed by atoms with Crippen molar-refractivity contribution < 1.29 is 4.74 Å². The first-order valence-corrected chi connectivity index (χ1v) is 7.61. The molecular formula is C15H16N4OS. The Kier molecular flexibility index (Phi) is 3.87. The van der Waals surface area contributed by atoms with Crippen molar-refractivity contribution >= 4 is 39.0 Å². The Morgan fingerprint density at radius 1 is 1.19 bits per heavy atom. The minimum atomic E-state index is 0.598. The van der Waals surface area contributed by atoms with E-state index in [1.807, 2.05) is 49.7 Å². The summed E-state index contributed by atoms with van der Waals surface area (Å²) in [6.45, 7) is 2.59. The Morgan fingerprint density at radius 3 is 2.86 bits per heavy atom. The van der Waals surface area contributed by atoms with Gasteiger partial charge >= 0.3 is 0 Å². The number of nitrogens with zero attached hydrogens (tertiary/aromatic N) is 2. The maximum Gasteiger partial charge on any atom is 0.225 e. The average molecular weight is 300 g/mol. The maximum atomic E-state index is 5.64. The molecule has 0 fully saturated rings. The zero-order valence-corrected chi connectivity index (χ0v) is 12.7. The number of rotatable bonds is 5. The molecular weight excluding hydrogens is 284 g/mol. The number of thiophene rings is 1. The van der Waals surface area contributed by atoms with Gasteiger partial charge in [0.2, 0.25) is 5.95 Å². The topological polar surface area (TPSA) is 59.1 Å². The van der Waals surface area contributed by atoms with Crippen LogP contribution in [0.25, 0.3) is 10.2 Å². The maximum absolute atomic E-state index is 5.64. The van der Waals surface area contributed by atoms with Crippen LogP contribution in [0.15, 0.2) is 35.7 Å². The van der Waals surface area contributed by atoms with Gasteiger partial charge in [0.25, 0.3) is 0 Å². The minimum Gasteiger partial charge on any atom is -0.492 e. The van der Waals surface area contributed by atoms with Crippen LogP contribution in [0.2, 0.25) is 0 Å². The molecule has 0 aliphatic carbocycles. The summed E-state index contributed by atoms with van der Waals surface area (Å²) in [6.07, 6.45) is 0. The van der Waals surface area contributed by atoms with Crippen LogP contribution in [-0.2, 0) is 0 Å². The van der Waals surface area contributed by atoms with E-state index in [0.717, 1.165) is 27.5 Å². The normalized spacial score (nSPS) is 10.6. The second kappa shape index (κ2) is 5.97. The molecule has 0 saturated carbocycles. The molecule has 21 heavy (non-hydrogen) atoms. The highest BCUT2D eigenvalue weighted by Crippen LogP contribution is 2.32. The van der Waals surface area contributed by atoms with E-state index in [1.165, 1.54) is 0 Å². The van der Waals surface area contributed by atoms with E-state index in [1.54, 1.807) is 11.3 Å². The van der Waals surface area contributed by atoms with E-state index in [2.05, 4.69) is 20.6 Å². The SMILES string of the molecule is CCOc1ccccc1Nc1nc(NC)nc2sccc12. The fourth-order valence-corrected chi connectivity index (χ4v) is 2.81. The molecule has 0 radical (unpaired) electrons. The summed E-state index contributed by atoms with van der Waals surface area (Å²) in [4.78, 5) is 9.90. The van der Waals surface area contributed by atoms with Crippen LogP contribution in [0.3, 0.4) is 0 Å². The van der Waals surface area contributed by atoms with Gasteiger partial charge in [0.1, 0.15) is 16.4 Å². The van der Waals surface area contributed by atoms with E-state index >= 15 is 0 Å². The predicted molar refractivity (Wildman–Crippen MR) is 87.9 cm³/mol. The van der Waals surface area contributed by atoms with Gasteiger partial charge in [-0.15, -0.1) is 11.3 Å². The highest BCUT2D eigenvalue weighted by atomic mass is 32.1. The van der Waals surface area contributed by atoms with Crippen LogP contribution in [-0.4, -0.2) is 23.6 Å². The van der Waals surface area contributed by atoms with Crippen molar-refractivity contribution in [3.8, 4) is 5.75 Å². The molecule has 0 amide bonds. The molecule has 0 aliphatic rings. The van der Waals surface area contributed by atoms with Crippen LogP contribution < -0.4 is 15.4 Å². The van der Waals surface area contributed by atoms with Gasteiger partial charge in [0.05, 0.1) is 17.7 Å². The Balaban J connectivity index is 2.03.